The average molecular weight is 365 g/mol. The maximum Gasteiger partial charge on any atom is 0.328 e. The molecular formula is C20H19N3O4. The van der Waals surface area contributed by atoms with Crippen molar-refractivity contribution in [3.05, 3.63) is 72.6 Å². The summed E-state index contributed by atoms with van der Waals surface area (Å²) in [5, 5.41) is 5.16. The van der Waals surface area contributed by atoms with Gasteiger partial charge in [-0.1, -0.05) is 36.4 Å². The van der Waals surface area contributed by atoms with Gasteiger partial charge in [0, 0.05) is 11.3 Å². The molecule has 0 aliphatic carbocycles. The largest absolute Gasteiger partial charge is 0.458 e. The first-order chi connectivity index (χ1) is 13.1. The molecule has 0 fully saturated rings. The summed E-state index contributed by atoms with van der Waals surface area (Å²) in [6.45, 7) is 1.51. The number of nitrogens with zero attached hydrogens (tertiary/aromatic N) is 1. The number of benzene rings is 2. The van der Waals surface area contributed by atoms with Gasteiger partial charge in [0.2, 0.25) is 5.89 Å². The highest BCUT2D eigenvalue weighted by Crippen LogP contribution is 2.18. The van der Waals surface area contributed by atoms with E-state index in [1.54, 1.807) is 31.2 Å². The maximum absolute atomic E-state index is 12.1. The zero-order chi connectivity index (χ0) is 19.1. The van der Waals surface area contributed by atoms with Crippen LogP contribution in [0.5, 0.6) is 0 Å². The summed E-state index contributed by atoms with van der Waals surface area (Å²) in [6.07, 6.45) is 1.44. The smallest absolute Gasteiger partial charge is 0.328 e. The van der Waals surface area contributed by atoms with Crippen LogP contribution in [0.25, 0.3) is 11.5 Å². The Balaban J connectivity index is 1.47. The van der Waals surface area contributed by atoms with Gasteiger partial charge in [0.05, 0.1) is 0 Å². The summed E-state index contributed by atoms with van der Waals surface area (Å²) in [6, 6.07) is 17.1. The molecule has 27 heavy (non-hydrogen) atoms. The molecule has 0 saturated carbocycles. The van der Waals surface area contributed by atoms with E-state index in [2.05, 4.69) is 15.6 Å². The topological polar surface area (TPSA) is 93.5 Å². The van der Waals surface area contributed by atoms with Crippen molar-refractivity contribution in [3.8, 4) is 11.5 Å². The highest BCUT2D eigenvalue weighted by molar-refractivity contribution is 5.92. The van der Waals surface area contributed by atoms with Gasteiger partial charge < -0.3 is 19.8 Å². The molecule has 0 bridgehead atoms. The fourth-order valence-corrected chi connectivity index (χ4v) is 2.30. The van der Waals surface area contributed by atoms with E-state index >= 15 is 0 Å². The molecule has 0 spiro atoms. The lowest BCUT2D eigenvalue weighted by Crippen LogP contribution is -2.41. The first-order valence-electron chi connectivity index (χ1n) is 8.41. The van der Waals surface area contributed by atoms with Crippen LogP contribution in [0.3, 0.4) is 0 Å². The third-order valence-corrected chi connectivity index (χ3v) is 3.67. The van der Waals surface area contributed by atoms with Crippen LogP contribution in [-0.4, -0.2) is 23.0 Å². The number of esters is 1. The number of carbonyl (C=O) groups is 2. The molecule has 3 rings (SSSR count). The molecule has 0 aliphatic heterocycles. The Hall–Kier alpha value is -3.61. The Morgan fingerprint density at radius 1 is 1.07 bits per heavy atom. The molecule has 138 valence electrons. The van der Waals surface area contributed by atoms with Crippen LogP contribution in [0.15, 0.2) is 71.3 Å². The SMILES string of the molecule is CC(NC(=O)Nc1ccccc1)C(=O)OCc1coc(-c2ccccc2)n1. The van der Waals surface area contributed by atoms with Crippen molar-refractivity contribution < 1.29 is 18.7 Å². The molecule has 0 radical (unpaired) electrons. The van der Waals surface area contributed by atoms with Crippen LogP contribution in [0.1, 0.15) is 12.6 Å². The summed E-state index contributed by atoms with van der Waals surface area (Å²) in [7, 11) is 0. The third-order valence-electron chi connectivity index (χ3n) is 3.67. The van der Waals surface area contributed by atoms with E-state index in [4.69, 9.17) is 9.15 Å². The van der Waals surface area contributed by atoms with Crippen molar-refractivity contribution in [2.75, 3.05) is 5.32 Å². The van der Waals surface area contributed by atoms with Gasteiger partial charge in [-0.2, -0.15) is 0 Å². The standard InChI is InChI=1S/C20H19N3O4/c1-14(21-20(25)23-16-10-6-3-7-11-16)19(24)27-13-17-12-26-18(22-17)15-8-4-2-5-9-15/h2-12,14H,13H2,1H3,(H2,21,23,25). The average Bonchev–Trinajstić information content (AvgIpc) is 3.16. The number of aromatic nitrogens is 1. The highest BCUT2D eigenvalue weighted by atomic mass is 16.5. The first kappa shape index (κ1) is 18.2. The lowest BCUT2D eigenvalue weighted by atomic mass is 10.2. The molecule has 1 heterocycles. The van der Waals surface area contributed by atoms with Crippen molar-refractivity contribution in [2.24, 2.45) is 0 Å². The van der Waals surface area contributed by atoms with Crippen LogP contribution in [0, 0.1) is 0 Å². The number of rotatable bonds is 6. The van der Waals surface area contributed by atoms with Crippen LogP contribution >= 0.6 is 0 Å². The van der Waals surface area contributed by atoms with Gasteiger partial charge in [-0.25, -0.2) is 14.6 Å². The van der Waals surface area contributed by atoms with Gasteiger partial charge in [0.1, 0.15) is 24.6 Å². The minimum absolute atomic E-state index is 0.0402. The first-order valence-corrected chi connectivity index (χ1v) is 8.41. The van der Waals surface area contributed by atoms with E-state index in [0.29, 0.717) is 17.3 Å². The molecule has 1 aromatic heterocycles. The molecule has 7 heteroatoms. The summed E-state index contributed by atoms with van der Waals surface area (Å²) >= 11 is 0. The number of oxazole rings is 1. The number of hydrogen-bond donors (Lipinski definition) is 2. The van der Waals surface area contributed by atoms with Crippen molar-refractivity contribution in [1.82, 2.24) is 10.3 Å². The number of amides is 2. The number of carbonyl (C=O) groups excluding carboxylic acids is 2. The number of nitrogens with one attached hydrogen (secondary N) is 2. The van der Waals surface area contributed by atoms with E-state index in [1.807, 2.05) is 36.4 Å². The molecule has 3 aromatic rings. The lowest BCUT2D eigenvalue weighted by Gasteiger charge is -2.13. The predicted octanol–water partition coefficient (Wildman–Crippen LogP) is 3.60. The number of anilines is 1. The molecule has 7 nitrogen and oxygen atoms in total. The molecule has 2 aromatic carbocycles. The van der Waals surface area contributed by atoms with Crippen molar-refractivity contribution in [3.63, 3.8) is 0 Å². The van der Waals surface area contributed by atoms with Crippen LogP contribution in [0.4, 0.5) is 10.5 Å². The van der Waals surface area contributed by atoms with Gasteiger partial charge in [0.25, 0.3) is 0 Å². The predicted molar refractivity (Wildman–Crippen MR) is 99.8 cm³/mol. The fourth-order valence-electron chi connectivity index (χ4n) is 2.30. The second kappa shape index (κ2) is 8.66. The number of para-hydroxylation sites is 1. The van der Waals surface area contributed by atoms with Gasteiger partial charge in [0.15, 0.2) is 0 Å². The molecule has 0 aliphatic rings. The Morgan fingerprint density at radius 3 is 2.44 bits per heavy atom. The minimum Gasteiger partial charge on any atom is -0.458 e. The monoisotopic (exact) mass is 365 g/mol. The molecule has 1 unspecified atom stereocenters. The minimum atomic E-state index is -0.811. The Morgan fingerprint density at radius 2 is 1.74 bits per heavy atom. The Bertz CT molecular complexity index is 894. The Kier molecular flexibility index (Phi) is 5.84. The van der Waals surface area contributed by atoms with E-state index < -0.39 is 18.0 Å². The van der Waals surface area contributed by atoms with Gasteiger partial charge in [-0.15, -0.1) is 0 Å². The van der Waals surface area contributed by atoms with E-state index in [-0.39, 0.29) is 6.61 Å². The van der Waals surface area contributed by atoms with E-state index in [1.165, 1.54) is 6.26 Å². The zero-order valence-electron chi connectivity index (χ0n) is 14.7. The second-order valence-electron chi connectivity index (χ2n) is 5.80. The summed E-state index contributed by atoms with van der Waals surface area (Å²) < 4.78 is 10.6. The maximum atomic E-state index is 12.1. The van der Waals surface area contributed by atoms with Crippen LogP contribution in [-0.2, 0) is 16.1 Å². The zero-order valence-corrected chi connectivity index (χ0v) is 14.7. The summed E-state index contributed by atoms with van der Waals surface area (Å²) in [5.41, 5.74) is 1.96. The van der Waals surface area contributed by atoms with E-state index in [0.717, 1.165) is 5.56 Å². The van der Waals surface area contributed by atoms with Crippen molar-refractivity contribution in [2.45, 2.75) is 19.6 Å². The molecule has 2 N–H and O–H groups in total. The van der Waals surface area contributed by atoms with Crippen LogP contribution < -0.4 is 10.6 Å². The van der Waals surface area contributed by atoms with Gasteiger partial charge in [-0.05, 0) is 31.2 Å². The summed E-state index contributed by atoms with van der Waals surface area (Å²) in [5.74, 6) is -0.113. The molecular weight excluding hydrogens is 346 g/mol. The van der Waals surface area contributed by atoms with Gasteiger partial charge in [-0.3, -0.25) is 0 Å². The quantitative estimate of drug-likeness (QED) is 0.651. The summed E-state index contributed by atoms with van der Waals surface area (Å²) in [4.78, 5) is 28.2. The number of urea groups is 1. The molecule has 2 amide bonds. The third kappa shape index (κ3) is 5.18. The second-order valence-corrected chi connectivity index (χ2v) is 5.80. The molecule has 1 atom stereocenters. The molecule has 0 saturated heterocycles. The van der Waals surface area contributed by atoms with Gasteiger partial charge >= 0.3 is 12.0 Å². The van der Waals surface area contributed by atoms with E-state index in [9.17, 15) is 9.59 Å². The number of ether oxygens (including phenoxy) is 1. The number of hydrogen-bond acceptors (Lipinski definition) is 5. The van der Waals surface area contributed by atoms with Crippen LogP contribution in [0.2, 0.25) is 0 Å². The fraction of sp³-hybridized carbons (Fsp3) is 0.150. The van der Waals surface area contributed by atoms with Crippen molar-refractivity contribution >= 4 is 17.7 Å². The lowest BCUT2D eigenvalue weighted by molar-refractivity contribution is -0.146. The highest BCUT2D eigenvalue weighted by Gasteiger charge is 2.18. The normalized spacial score (nSPS) is 11.4. The van der Waals surface area contributed by atoms with Crippen molar-refractivity contribution in [1.29, 1.82) is 0 Å². The Labute approximate surface area is 156 Å².